The number of hydrogen-bond donors (Lipinski definition) is 3. The standard InChI is InChI=1S/C12H19N3O/c13-12(9-16)10-2-1-3-11(8-10)15-6-4-14-5-7-15/h1-3,8,12,14,16H,4-7,9,13H2/t12-/m1/s1. The number of nitrogens with two attached hydrogens (primary N) is 1. The molecule has 4 heteroatoms. The Hall–Kier alpha value is -1.10. The predicted octanol–water partition coefficient (Wildman–Crippen LogP) is 0.0883. The highest BCUT2D eigenvalue weighted by atomic mass is 16.3. The molecule has 0 radical (unpaired) electrons. The largest absolute Gasteiger partial charge is 0.394 e. The Balaban J connectivity index is 2.14. The van der Waals surface area contributed by atoms with Crippen LogP contribution in [0.5, 0.6) is 0 Å². The van der Waals surface area contributed by atoms with E-state index in [4.69, 9.17) is 10.8 Å². The third-order valence-electron chi connectivity index (χ3n) is 2.98. The molecular weight excluding hydrogens is 202 g/mol. The van der Waals surface area contributed by atoms with E-state index in [2.05, 4.69) is 22.3 Å². The third kappa shape index (κ3) is 2.52. The molecule has 1 heterocycles. The van der Waals surface area contributed by atoms with Gasteiger partial charge in [0.25, 0.3) is 0 Å². The highest BCUT2D eigenvalue weighted by Crippen LogP contribution is 2.19. The van der Waals surface area contributed by atoms with Gasteiger partial charge in [-0.15, -0.1) is 0 Å². The van der Waals surface area contributed by atoms with Gasteiger partial charge in [-0.1, -0.05) is 12.1 Å². The molecule has 1 saturated heterocycles. The zero-order chi connectivity index (χ0) is 11.4. The van der Waals surface area contributed by atoms with E-state index in [9.17, 15) is 0 Å². The van der Waals surface area contributed by atoms with E-state index in [0.717, 1.165) is 31.7 Å². The highest BCUT2D eigenvalue weighted by molar-refractivity contribution is 5.49. The maximum absolute atomic E-state index is 9.04. The van der Waals surface area contributed by atoms with Crippen molar-refractivity contribution in [3.63, 3.8) is 0 Å². The van der Waals surface area contributed by atoms with Crippen LogP contribution in [0.3, 0.4) is 0 Å². The first-order valence-corrected chi connectivity index (χ1v) is 5.73. The Morgan fingerprint density at radius 2 is 2.12 bits per heavy atom. The van der Waals surface area contributed by atoms with Gasteiger partial charge in [-0.05, 0) is 17.7 Å². The lowest BCUT2D eigenvalue weighted by Gasteiger charge is -2.30. The summed E-state index contributed by atoms with van der Waals surface area (Å²) < 4.78 is 0. The van der Waals surface area contributed by atoms with Crippen LogP contribution in [-0.4, -0.2) is 37.9 Å². The molecule has 4 nitrogen and oxygen atoms in total. The Labute approximate surface area is 96.1 Å². The van der Waals surface area contributed by atoms with Gasteiger partial charge >= 0.3 is 0 Å². The van der Waals surface area contributed by atoms with Crippen LogP contribution in [0.25, 0.3) is 0 Å². The molecule has 0 aliphatic carbocycles. The topological polar surface area (TPSA) is 61.5 Å². The van der Waals surface area contributed by atoms with Crippen molar-refractivity contribution < 1.29 is 5.11 Å². The minimum absolute atomic E-state index is 0.00892. The van der Waals surface area contributed by atoms with Gasteiger partial charge < -0.3 is 21.1 Å². The Morgan fingerprint density at radius 3 is 2.81 bits per heavy atom. The molecule has 1 aromatic rings. The number of benzene rings is 1. The molecule has 1 aliphatic rings. The summed E-state index contributed by atoms with van der Waals surface area (Å²) in [6, 6.07) is 7.86. The summed E-state index contributed by atoms with van der Waals surface area (Å²) in [6.45, 7) is 4.09. The van der Waals surface area contributed by atoms with Gasteiger partial charge in [0.2, 0.25) is 0 Å². The highest BCUT2D eigenvalue weighted by Gasteiger charge is 2.12. The van der Waals surface area contributed by atoms with Crippen molar-refractivity contribution in [1.82, 2.24) is 5.32 Å². The first kappa shape index (κ1) is 11.4. The summed E-state index contributed by atoms with van der Waals surface area (Å²) in [7, 11) is 0. The normalized spacial score (nSPS) is 18.5. The molecule has 1 aromatic carbocycles. The summed E-state index contributed by atoms with van der Waals surface area (Å²) in [5.74, 6) is 0. The van der Waals surface area contributed by atoms with Gasteiger partial charge in [-0.25, -0.2) is 0 Å². The zero-order valence-corrected chi connectivity index (χ0v) is 9.39. The van der Waals surface area contributed by atoms with Gasteiger partial charge in [-0.3, -0.25) is 0 Å². The molecule has 1 aliphatic heterocycles. The average molecular weight is 221 g/mol. The molecule has 0 unspecified atom stereocenters. The number of nitrogens with one attached hydrogen (secondary N) is 1. The van der Waals surface area contributed by atoms with Crippen molar-refractivity contribution in [2.45, 2.75) is 6.04 Å². The van der Waals surface area contributed by atoms with Crippen molar-refractivity contribution in [3.05, 3.63) is 29.8 Å². The fraction of sp³-hybridized carbons (Fsp3) is 0.500. The lowest BCUT2D eigenvalue weighted by molar-refractivity contribution is 0.268. The molecule has 16 heavy (non-hydrogen) atoms. The van der Waals surface area contributed by atoms with Crippen LogP contribution in [0.15, 0.2) is 24.3 Å². The molecule has 0 saturated carbocycles. The van der Waals surface area contributed by atoms with Crippen molar-refractivity contribution in [1.29, 1.82) is 0 Å². The smallest absolute Gasteiger partial charge is 0.0624 e. The number of rotatable bonds is 3. The summed E-state index contributed by atoms with van der Waals surface area (Å²) in [5.41, 5.74) is 8.01. The van der Waals surface area contributed by atoms with Crippen molar-refractivity contribution in [2.75, 3.05) is 37.7 Å². The fourth-order valence-corrected chi connectivity index (χ4v) is 1.98. The zero-order valence-electron chi connectivity index (χ0n) is 9.39. The lowest BCUT2D eigenvalue weighted by atomic mass is 10.1. The van der Waals surface area contributed by atoms with E-state index in [1.807, 2.05) is 12.1 Å². The molecule has 4 N–H and O–H groups in total. The van der Waals surface area contributed by atoms with Crippen LogP contribution in [-0.2, 0) is 0 Å². The van der Waals surface area contributed by atoms with E-state index in [0.29, 0.717) is 0 Å². The van der Waals surface area contributed by atoms with Crippen molar-refractivity contribution in [3.8, 4) is 0 Å². The van der Waals surface area contributed by atoms with E-state index >= 15 is 0 Å². The first-order chi connectivity index (χ1) is 7.81. The van der Waals surface area contributed by atoms with Gasteiger partial charge in [0.1, 0.15) is 0 Å². The molecule has 88 valence electrons. The predicted molar refractivity (Wildman–Crippen MR) is 65.5 cm³/mol. The Bertz CT molecular complexity index is 337. The molecule has 0 amide bonds. The number of anilines is 1. The van der Waals surface area contributed by atoms with Gasteiger partial charge in [0, 0.05) is 31.9 Å². The van der Waals surface area contributed by atoms with Crippen molar-refractivity contribution in [2.24, 2.45) is 5.73 Å². The quantitative estimate of drug-likeness (QED) is 0.677. The first-order valence-electron chi connectivity index (χ1n) is 5.73. The van der Waals surface area contributed by atoms with E-state index in [1.165, 1.54) is 5.69 Å². The van der Waals surface area contributed by atoms with E-state index in [-0.39, 0.29) is 12.6 Å². The molecule has 2 rings (SSSR count). The Kier molecular flexibility index (Phi) is 3.77. The third-order valence-corrected chi connectivity index (χ3v) is 2.98. The average Bonchev–Trinajstić information content (AvgIpc) is 2.39. The molecule has 0 spiro atoms. The summed E-state index contributed by atoms with van der Waals surface area (Å²) in [6.07, 6.45) is 0. The second-order valence-corrected chi connectivity index (χ2v) is 4.12. The second-order valence-electron chi connectivity index (χ2n) is 4.12. The molecule has 1 fully saturated rings. The van der Waals surface area contributed by atoms with Crippen LogP contribution in [0.2, 0.25) is 0 Å². The van der Waals surface area contributed by atoms with Gasteiger partial charge in [-0.2, -0.15) is 0 Å². The van der Waals surface area contributed by atoms with Crippen LogP contribution in [0.1, 0.15) is 11.6 Å². The summed E-state index contributed by atoms with van der Waals surface area (Å²) in [4.78, 5) is 2.34. The van der Waals surface area contributed by atoms with Crippen LogP contribution in [0, 0.1) is 0 Å². The Morgan fingerprint density at radius 1 is 1.38 bits per heavy atom. The summed E-state index contributed by atoms with van der Waals surface area (Å²) in [5, 5.41) is 12.4. The van der Waals surface area contributed by atoms with E-state index < -0.39 is 0 Å². The maximum atomic E-state index is 9.04. The lowest BCUT2D eigenvalue weighted by Crippen LogP contribution is -2.43. The monoisotopic (exact) mass is 221 g/mol. The summed E-state index contributed by atoms with van der Waals surface area (Å²) >= 11 is 0. The van der Waals surface area contributed by atoms with E-state index in [1.54, 1.807) is 0 Å². The van der Waals surface area contributed by atoms with Gasteiger partial charge in [0.15, 0.2) is 0 Å². The minimum Gasteiger partial charge on any atom is -0.394 e. The van der Waals surface area contributed by atoms with Crippen LogP contribution in [0.4, 0.5) is 5.69 Å². The maximum Gasteiger partial charge on any atom is 0.0624 e. The number of aliphatic hydroxyl groups excluding tert-OH is 1. The molecule has 1 atom stereocenters. The van der Waals surface area contributed by atoms with Crippen LogP contribution < -0.4 is 16.0 Å². The second kappa shape index (κ2) is 5.30. The minimum atomic E-state index is -0.275. The molecule has 0 bridgehead atoms. The van der Waals surface area contributed by atoms with Crippen LogP contribution >= 0.6 is 0 Å². The molecular formula is C12H19N3O. The van der Waals surface area contributed by atoms with Gasteiger partial charge in [0.05, 0.1) is 12.6 Å². The van der Waals surface area contributed by atoms with Crippen molar-refractivity contribution >= 4 is 5.69 Å². The fourth-order valence-electron chi connectivity index (χ4n) is 1.98. The number of hydrogen-bond acceptors (Lipinski definition) is 4. The molecule has 0 aromatic heterocycles. The SMILES string of the molecule is N[C@H](CO)c1cccc(N2CCNCC2)c1. The number of aliphatic hydroxyl groups is 1. The number of piperazine rings is 1. The number of nitrogens with zero attached hydrogens (tertiary/aromatic N) is 1.